The molecule has 3 aromatic rings. The topological polar surface area (TPSA) is 20.3 Å². The molecule has 0 bridgehead atoms. The van der Waals surface area contributed by atoms with Gasteiger partial charge in [-0.3, -0.25) is 4.79 Å². The van der Waals surface area contributed by atoms with E-state index in [0.717, 1.165) is 17.5 Å². The third-order valence-electron chi connectivity index (χ3n) is 4.18. The van der Waals surface area contributed by atoms with Gasteiger partial charge in [-0.25, -0.2) is 0 Å². The summed E-state index contributed by atoms with van der Waals surface area (Å²) in [5, 5.41) is 2.08. The van der Waals surface area contributed by atoms with Crippen LogP contribution in [0.3, 0.4) is 0 Å². The summed E-state index contributed by atoms with van der Waals surface area (Å²) in [6, 6.07) is 20.3. The lowest BCUT2D eigenvalue weighted by Crippen LogP contribution is -2.27. The fraction of sp³-hybridized carbons (Fsp3) is 0.190. The molecule has 0 spiro atoms. The molecule has 0 atom stereocenters. The maximum atomic E-state index is 12.9. The van der Waals surface area contributed by atoms with E-state index in [-0.39, 0.29) is 5.91 Å². The maximum Gasteiger partial charge on any atom is 0.254 e. The third kappa shape index (κ3) is 3.74. The molecule has 0 fully saturated rings. The Hall–Kier alpha value is -2.39. The van der Waals surface area contributed by atoms with Gasteiger partial charge in [0.05, 0.1) is 6.54 Å². The summed E-state index contributed by atoms with van der Waals surface area (Å²) in [5.41, 5.74) is 4.33. The van der Waals surface area contributed by atoms with E-state index in [1.54, 1.807) is 11.3 Å². The van der Waals surface area contributed by atoms with Gasteiger partial charge in [-0.15, -0.1) is 11.3 Å². The SMILES string of the molecule is Cc1ccsc1CN(C)C(=O)c1ccccc1Cc1ccccc1. The summed E-state index contributed by atoms with van der Waals surface area (Å²) in [5.74, 6) is 0.0781. The van der Waals surface area contributed by atoms with Crippen LogP contribution in [0.5, 0.6) is 0 Å². The largest absolute Gasteiger partial charge is 0.337 e. The maximum absolute atomic E-state index is 12.9. The van der Waals surface area contributed by atoms with Crippen molar-refractivity contribution in [3.05, 3.63) is 93.2 Å². The molecular weight excluding hydrogens is 314 g/mol. The summed E-state index contributed by atoms with van der Waals surface area (Å²) < 4.78 is 0. The van der Waals surface area contributed by atoms with Crippen LogP contribution in [0.1, 0.15) is 31.9 Å². The zero-order valence-electron chi connectivity index (χ0n) is 14.0. The number of hydrogen-bond acceptors (Lipinski definition) is 2. The normalized spacial score (nSPS) is 10.6. The molecule has 0 unspecified atom stereocenters. The zero-order valence-corrected chi connectivity index (χ0v) is 14.8. The molecule has 3 rings (SSSR count). The van der Waals surface area contributed by atoms with Gasteiger partial charge in [0.2, 0.25) is 0 Å². The third-order valence-corrected chi connectivity index (χ3v) is 5.19. The van der Waals surface area contributed by atoms with E-state index in [1.807, 2.05) is 54.4 Å². The molecule has 0 aliphatic carbocycles. The Morgan fingerprint density at radius 2 is 1.71 bits per heavy atom. The average molecular weight is 335 g/mol. The monoisotopic (exact) mass is 335 g/mol. The van der Waals surface area contributed by atoms with Gasteiger partial charge >= 0.3 is 0 Å². The molecular formula is C21H21NOS. The van der Waals surface area contributed by atoms with Crippen LogP contribution in [0, 0.1) is 6.92 Å². The van der Waals surface area contributed by atoms with Crippen molar-refractivity contribution >= 4 is 17.2 Å². The molecule has 3 heteroatoms. The Morgan fingerprint density at radius 1 is 1.00 bits per heavy atom. The molecule has 0 N–H and O–H groups in total. The van der Waals surface area contributed by atoms with E-state index < -0.39 is 0 Å². The van der Waals surface area contributed by atoms with Gasteiger partial charge in [0.1, 0.15) is 0 Å². The van der Waals surface area contributed by atoms with E-state index in [0.29, 0.717) is 6.54 Å². The van der Waals surface area contributed by atoms with Crippen molar-refractivity contribution in [3.8, 4) is 0 Å². The highest BCUT2D eigenvalue weighted by Gasteiger charge is 2.16. The van der Waals surface area contributed by atoms with E-state index >= 15 is 0 Å². The molecule has 0 aliphatic heterocycles. The summed E-state index contributed by atoms with van der Waals surface area (Å²) in [6.07, 6.45) is 0.772. The lowest BCUT2D eigenvalue weighted by molar-refractivity contribution is 0.0785. The highest BCUT2D eigenvalue weighted by atomic mass is 32.1. The number of hydrogen-bond donors (Lipinski definition) is 0. The van der Waals surface area contributed by atoms with Crippen LogP contribution < -0.4 is 0 Å². The van der Waals surface area contributed by atoms with Crippen molar-refractivity contribution < 1.29 is 4.79 Å². The lowest BCUT2D eigenvalue weighted by Gasteiger charge is -2.19. The van der Waals surface area contributed by atoms with Gasteiger partial charge in [0.15, 0.2) is 0 Å². The predicted octanol–water partition coefficient (Wildman–Crippen LogP) is 4.92. The standard InChI is InChI=1S/C21H21NOS/c1-16-12-13-24-20(16)15-22(2)21(23)19-11-7-6-10-18(19)14-17-8-4-3-5-9-17/h3-13H,14-15H2,1-2H3. The fourth-order valence-electron chi connectivity index (χ4n) is 2.76. The van der Waals surface area contributed by atoms with Gasteiger partial charge in [-0.1, -0.05) is 48.5 Å². The van der Waals surface area contributed by atoms with Crippen molar-refractivity contribution in [1.29, 1.82) is 0 Å². The molecule has 0 saturated carbocycles. The molecule has 0 aliphatic rings. The number of amides is 1. The van der Waals surface area contributed by atoms with Gasteiger partial charge in [0.25, 0.3) is 5.91 Å². The Morgan fingerprint density at radius 3 is 2.42 bits per heavy atom. The zero-order chi connectivity index (χ0) is 16.9. The molecule has 122 valence electrons. The second-order valence-electron chi connectivity index (χ2n) is 6.01. The first kappa shape index (κ1) is 16.5. The highest BCUT2D eigenvalue weighted by Crippen LogP contribution is 2.20. The van der Waals surface area contributed by atoms with Crippen molar-refractivity contribution in [2.45, 2.75) is 19.9 Å². The Kier molecular flexibility index (Phi) is 5.11. The minimum Gasteiger partial charge on any atom is -0.337 e. The van der Waals surface area contributed by atoms with Gasteiger partial charge < -0.3 is 4.90 Å². The number of aryl methyl sites for hydroxylation is 1. The Labute approximate surface area is 147 Å². The molecule has 0 radical (unpaired) electrons. The quantitative estimate of drug-likeness (QED) is 0.648. The van der Waals surface area contributed by atoms with Gasteiger partial charge in [0, 0.05) is 17.5 Å². The minimum atomic E-state index is 0.0781. The first-order chi connectivity index (χ1) is 11.6. The van der Waals surface area contributed by atoms with Gasteiger partial charge in [-0.2, -0.15) is 0 Å². The van der Waals surface area contributed by atoms with Crippen molar-refractivity contribution in [2.24, 2.45) is 0 Å². The van der Waals surface area contributed by atoms with E-state index in [9.17, 15) is 4.79 Å². The number of nitrogens with zero attached hydrogens (tertiary/aromatic N) is 1. The Balaban J connectivity index is 1.81. The van der Waals surface area contributed by atoms with Crippen LogP contribution in [0.2, 0.25) is 0 Å². The molecule has 1 heterocycles. The van der Waals surface area contributed by atoms with Crippen molar-refractivity contribution in [3.63, 3.8) is 0 Å². The number of thiophene rings is 1. The van der Waals surface area contributed by atoms with Crippen molar-refractivity contribution in [2.75, 3.05) is 7.05 Å². The predicted molar refractivity (Wildman–Crippen MR) is 101 cm³/mol. The number of carbonyl (C=O) groups is 1. The van der Waals surface area contributed by atoms with E-state index in [1.165, 1.54) is 16.0 Å². The van der Waals surface area contributed by atoms with E-state index in [4.69, 9.17) is 0 Å². The van der Waals surface area contributed by atoms with Crippen LogP contribution in [0.25, 0.3) is 0 Å². The summed E-state index contributed by atoms with van der Waals surface area (Å²) in [7, 11) is 1.88. The fourth-order valence-corrected chi connectivity index (χ4v) is 3.72. The molecule has 0 saturated heterocycles. The lowest BCUT2D eigenvalue weighted by atomic mass is 9.99. The second kappa shape index (κ2) is 7.45. The molecule has 1 aromatic heterocycles. The smallest absolute Gasteiger partial charge is 0.254 e. The first-order valence-electron chi connectivity index (χ1n) is 8.05. The van der Waals surface area contributed by atoms with Crippen LogP contribution in [-0.2, 0) is 13.0 Å². The first-order valence-corrected chi connectivity index (χ1v) is 8.93. The van der Waals surface area contributed by atoms with Gasteiger partial charge in [-0.05, 0) is 47.5 Å². The van der Waals surface area contributed by atoms with E-state index in [2.05, 4.69) is 30.5 Å². The van der Waals surface area contributed by atoms with Crippen molar-refractivity contribution in [1.82, 2.24) is 4.90 Å². The molecule has 2 nitrogen and oxygen atoms in total. The molecule has 1 amide bonds. The molecule has 24 heavy (non-hydrogen) atoms. The molecule has 2 aromatic carbocycles. The van der Waals surface area contributed by atoms with Crippen LogP contribution in [0.4, 0.5) is 0 Å². The highest BCUT2D eigenvalue weighted by molar-refractivity contribution is 7.10. The number of benzene rings is 2. The number of carbonyl (C=O) groups excluding carboxylic acids is 1. The van der Waals surface area contributed by atoms with Crippen LogP contribution in [-0.4, -0.2) is 17.9 Å². The summed E-state index contributed by atoms with van der Waals surface area (Å²) >= 11 is 1.70. The summed E-state index contributed by atoms with van der Waals surface area (Å²) in [6.45, 7) is 2.75. The minimum absolute atomic E-state index is 0.0781. The summed E-state index contributed by atoms with van der Waals surface area (Å²) in [4.78, 5) is 16.0. The average Bonchev–Trinajstić information content (AvgIpc) is 3.00. The second-order valence-corrected chi connectivity index (χ2v) is 7.01. The van der Waals surface area contributed by atoms with Crippen LogP contribution in [0.15, 0.2) is 66.0 Å². The van der Waals surface area contributed by atoms with Crippen LogP contribution >= 0.6 is 11.3 Å². The number of rotatable bonds is 5. The Bertz CT molecular complexity index is 823.